The lowest BCUT2D eigenvalue weighted by molar-refractivity contribution is 1.09. The van der Waals surface area contributed by atoms with Crippen LogP contribution in [0, 0.1) is 13.1 Å². The summed E-state index contributed by atoms with van der Waals surface area (Å²) in [6.07, 6.45) is 6.42. The van der Waals surface area contributed by atoms with Crippen molar-refractivity contribution in [2.24, 2.45) is 0 Å². The Kier molecular flexibility index (Phi) is 1.63. The Morgan fingerprint density at radius 3 is 3.00 bits per heavy atom. The fraction of sp³-hybridized carbons (Fsp3) is 0.111. The van der Waals surface area contributed by atoms with Gasteiger partial charge in [-0.25, -0.2) is 0 Å². The van der Waals surface area contributed by atoms with Crippen molar-refractivity contribution >= 4 is 0 Å². The van der Waals surface area contributed by atoms with E-state index in [1.807, 2.05) is 19.1 Å². The van der Waals surface area contributed by atoms with Gasteiger partial charge in [0.05, 0.1) is 11.9 Å². The summed E-state index contributed by atoms with van der Waals surface area (Å²) in [5, 5.41) is 6.81. The summed E-state index contributed by atoms with van der Waals surface area (Å²) < 4.78 is 0. The first-order valence-electron chi connectivity index (χ1n) is 3.71. The highest BCUT2D eigenvalue weighted by Gasteiger charge is 2.02. The minimum atomic E-state index is 0.889. The number of aromatic nitrogens is 3. The average Bonchev–Trinajstić information content (AvgIpc) is 2.57. The molecule has 0 unspecified atom stereocenters. The smallest absolute Gasteiger partial charge is 0.0990 e. The van der Waals surface area contributed by atoms with E-state index in [-0.39, 0.29) is 0 Å². The highest BCUT2D eigenvalue weighted by atomic mass is 15.1. The zero-order chi connectivity index (χ0) is 8.39. The van der Waals surface area contributed by atoms with Crippen LogP contribution in [0.3, 0.4) is 0 Å². The number of hydrogen-bond donors (Lipinski definition) is 1. The van der Waals surface area contributed by atoms with Crippen molar-refractivity contribution in [2.75, 3.05) is 0 Å². The first-order chi connectivity index (χ1) is 5.88. The second-order valence-electron chi connectivity index (χ2n) is 2.57. The van der Waals surface area contributed by atoms with E-state index in [1.165, 1.54) is 0 Å². The molecule has 0 atom stereocenters. The molecule has 0 aliphatic heterocycles. The van der Waals surface area contributed by atoms with Crippen LogP contribution in [0.15, 0.2) is 24.5 Å². The largest absolute Gasteiger partial charge is 0.285 e. The Morgan fingerprint density at radius 2 is 2.33 bits per heavy atom. The van der Waals surface area contributed by atoms with Gasteiger partial charge in [-0.2, -0.15) is 5.10 Å². The van der Waals surface area contributed by atoms with Crippen molar-refractivity contribution in [3.05, 3.63) is 36.3 Å². The van der Waals surface area contributed by atoms with Gasteiger partial charge in [0.25, 0.3) is 0 Å². The van der Waals surface area contributed by atoms with Crippen LogP contribution in [0.25, 0.3) is 11.3 Å². The van der Waals surface area contributed by atoms with Crippen LogP contribution >= 0.6 is 0 Å². The molecule has 0 aliphatic carbocycles. The maximum absolute atomic E-state index is 4.05. The van der Waals surface area contributed by atoms with E-state index >= 15 is 0 Å². The number of H-pyrrole nitrogens is 1. The van der Waals surface area contributed by atoms with Gasteiger partial charge in [0, 0.05) is 18.0 Å². The molecular formula is C9H8N3. The van der Waals surface area contributed by atoms with Crippen molar-refractivity contribution < 1.29 is 0 Å². The molecule has 0 bridgehead atoms. The van der Waals surface area contributed by atoms with Crippen molar-refractivity contribution in [3.63, 3.8) is 0 Å². The van der Waals surface area contributed by atoms with Crippen LogP contribution in [0.5, 0.6) is 0 Å². The van der Waals surface area contributed by atoms with Crippen molar-refractivity contribution in [1.29, 1.82) is 0 Å². The summed E-state index contributed by atoms with van der Waals surface area (Å²) in [7, 11) is 0. The van der Waals surface area contributed by atoms with Crippen molar-refractivity contribution in [3.8, 4) is 11.3 Å². The third-order valence-electron chi connectivity index (χ3n) is 1.73. The topological polar surface area (TPSA) is 41.6 Å². The van der Waals surface area contributed by atoms with E-state index in [1.54, 1.807) is 12.4 Å². The van der Waals surface area contributed by atoms with Crippen LogP contribution in [-0.2, 0) is 0 Å². The van der Waals surface area contributed by atoms with E-state index in [0.29, 0.717) is 0 Å². The van der Waals surface area contributed by atoms with Gasteiger partial charge in [0.2, 0.25) is 0 Å². The molecule has 2 aromatic rings. The molecule has 0 aliphatic rings. The molecule has 12 heavy (non-hydrogen) atoms. The lowest BCUT2D eigenvalue weighted by Gasteiger charge is -1.97. The standard InChI is InChI=1S/C9H8N3/c1-7-2-4-10-6-8(7)9-3-5-11-12-9/h2-5H,1H3,(H,11,12). The van der Waals surface area contributed by atoms with E-state index < -0.39 is 0 Å². The lowest BCUT2D eigenvalue weighted by Crippen LogP contribution is -1.85. The maximum atomic E-state index is 4.05. The number of hydrogen-bond acceptors (Lipinski definition) is 2. The fourth-order valence-corrected chi connectivity index (χ4v) is 1.08. The second-order valence-corrected chi connectivity index (χ2v) is 2.57. The minimum absolute atomic E-state index is 0.889. The van der Waals surface area contributed by atoms with Crippen molar-refractivity contribution in [1.82, 2.24) is 15.2 Å². The SMILES string of the molecule is Cc1ccn[c]c1-c1cc[nH]n1. The van der Waals surface area contributed by atoms with Crippen LogP contribution < -0.4 is 0 Å². The molecule has 0 saturated heterocycles. The molecule has 3 nitrogen and oxygen atoms in total. The number of nitrogens with one attached hydrogen (secondary N) is 1. The van der Waals surface area contributed by atoms with Crippen LogP contribution in [0.4, 0.5) is 0 Å². The van der Waals surface area contributed by atoms with Gasteiger partial charge in [0.15, 0.2) is 0 Å². The second kappa shape index (κ2) is 2.77. The predicted molar refractivity (Wildman–Crippen MR) is 45.4 cm³/mol. The number of aryl methyl sites for hydroxylation is 1. The molecule has 3 heteroatoms. The molecule has 2 heterocycles. The van der Waals surface area contributed by atoms with Gasteiger partial charge in [-0.15, -0.1) is 0 Å². The Hall–Kier alpha value is -1.64. The third-order valence-corrected chi connectivity index (χ3v) is 1.73. The highest BCUT2D eigenvalue weighted by Crippen LogP contribution is 2.17. The minimum Gasteiger partial charge on any atom is -0.285 e. The number of rotatable bonds is 1. The molecule has 2 aromatic heterocycles. The molecule has 0 amide bonds. The van der Waals surface area contributed by atoms with Crippen LogP contribution in [-0.4, -0.2) is 15.2 Å². The third kappa shape index (κ3) is 1.09. The summed E-state index contributed by atoms with van der Waals surface area (Å²) in [6, 6.07) is 3.85. The summed E-state index contributed by atoms with van der Waals surface area (Å²) in [4.78, 5) is 3.92. The molecule has 0 fully saturated rings. The van der Waals surface area contributed by atoms with Gasteiger partial charge >= 0.3 is 0 Å². The molecule has 59 valence electrons. The van der Waals surface area contributed by atoms with E-state index in [0.717, 1.165) is 16.8 Å². The van der Waals surface area contributed by atoms with Gasteiger partial charge in [0.1, 0.15) is 0 Å². The maximum Gasteiger partial charge on any atom is 0.0990 e. The van der Waals surface area contributed by atoms with E-state index in [9.17, 15) is 0 Å². The summed E-state index contributed by atoms with van der Waals surface area (Å²) in [5.74, 6) is 0. The summed E-state index contributed by atoms with van der Waals surface area (Å²) in [5.41, 5.74) is 2.98. The van der Waals surface area contributed by atoms with E-state index in [2.05, 4.69) is 21.4 Å². The van der Waals surface area contributed by atoms with Crippen molar-refractivity contribution in [2.45, 2.75) is 6.92 Å². The number of pyridine rings is 1. The Morgan fingerprint density at radius 1 is 1.42 bits per heavy atom. The number of aromatic amines is 1. The van der Waals surface area contributed by atoms with Gasteiger partial charge in [-0.05, 0) is 24.6 Å². The van der Waals surface area contributed by atoms with Crippen LogP contribution in [0.1, 0.15) is 5.56 Å². The first-order valence-corrected chi connectivity index (χ1v) is 3.71. The lowest BCUT2D eigenvalue weighted by atomic mass is 10.1. The Balaban J connectivity index is 2.55. The van der Waals surface area contributed by atoms with Gasteiger partial charge < -0.3 is 0 Å². The molecule has 0 aromatic carbocycles. The van der Waals surface area contributed by atoms with Crippen LogP contribution in [0.2, 0.25) is 0 Å². The Labute approximate surface area is 70.5 Å². The normalized spacial score (nSPS) is 10.1. The zero-order valence-electron chi connectivity index (χ0n) is 6.70. The predicted octanol–water partition coefficient (Wildman–Crippen LogP) is 1.58. The zero-order valence-corrected chi connectivity index (χ0v) is 6.70. The fourth-order valence-electron chi connectivity index (χ4n) is 1.08. The highest BCUT2D eigenvalue weighted by molar-refractivity contribution is 5.60. The molecule has 1 N–H and O–H groups in total. The molecular weight excluding hydrogens is 150 g/mol. The average molecular weight is 158 g/mol. The molecule has 0 spiro atoms. The van der Waals surface area contributed by atoms with E-state index in [4.69, 9.17) is 0 Å². The molecule has 2 rings (SSSR count). The summed E-state index contributed by atoms with van der Waals surface area (Å²) in [6.45, 7) is 2.02. The Bertz CT molecular complexity index is 365. The molecule has 0 saturated carbocycles. The monoisotopic (exact) mass is 158 g/mol. The first kappa shape index (κ1) is 7.03. The van der Waals surface area contributed by atoms with Gasteiger partial charge in [-0.1, -0.05) is 0 Å². The number of nitrogens with zero attached hydrogens (tertiary/aromatic N) is 2. The molecule has 1 radical (unpaired) electrons. The van der Waals surface area contributed by atoms with Gasteiger partial charge in [-0.3, -0.25) is 10.1 Å². The summed E-state index contributed by atoms with van der Waals surface area (Å²) >= 11 is 0. The quantitative estimate of drug-likeness (QED) is 0.684.